The molecule has 16 heavy (non-hydrogen) atoms. The topological polar surface area (TPSA) is 48.5 Å². The van der Waals surface area contributed by atoms with Gasteiger partial charge in [-0.15, -0.1) is 11.3 Å². The molecule has 3 rings (SSSR count). The number of thiazole rings is 1. The Labute approximate surface area is 98.1 Å². The average Bonchev–Trinajstić information content (AvgIpc) is 2.90. The molecule has 0 saturated carbocycles. The fourth-order valence-electron chi connectivity index (χ4n) is 2.33. The standard InChI is InChI=1S/C10H14N4OS/c15-10-13(6-9-4-12-7-16-9)5-8-3-11-1-2-14(8)10/h4,7-8,11H,1-3,5-6H2. The van der Waals surface area contributed by atoms with Gasteiger partial charge in [-0.05, 0) is 0 Å². The summed E-state index contributed by atoms with van der Waals surface area (Å²) in [5.74, 6) is 0. The van der Waals surface area contributed by atoms with Crippen molar-refractivity contribution in [3.05, 3.63) is 16.6 Å². The van der Waals surface area contributed by atoms with Crippen molar-refractivity contribution in [2.45, 2.75) is 12.6 Å². The highest BCUT2D eigenvalue weighted by molar-refractivity contribution is 7.09. The van der Waals surface area contributed by atoms with Crippen molar-refractivity contribution in [1.82, 2.24) is 20.1 Å². The van der Waals surface area contributed by atoms with Crippen LogP contribution in [0, 0.1) is 0 Å². The molecule has 1 aromatic rings. The van der Waals surface area contributed by atoms with Crippen molar-refractivity contribution in [2.24, 2.45) is 0 Å². The van der Waals surface area contributed by atoms with Crippen molar-refractivity contribution in [3.8, 4) is 0 Å². The average molecular weight is 238 g/mol. The first kappa shape index (κ1) is 10.0. The molecular weight excluding hydrogens is 224 g/mol. The lowest BCUT2D eigenvalue weighted by Gasteiger charge is -2.28. The number of aromatic nitrogens is 1. The van der Waals surface area contributed by atoms with Gasteiger partial charge in [-0.1, -0.05) is 0 Å². The molecule has 3 heterocycles. The summed E-state index contributed by atoms with van der Waals surface area (Å²) >= 11 is 1.61. The van der Waals surface area contributed by atoms with Crippen molar-refractivity contribution in [1.29, 1.82) is 0 Å². The Morgan fingerprint density at radius 3 is 3.31 bits per heavy atom. The first-order chi connectivity index (χ1) is 7.84. The van der Waals surface area contributed by atoms with Crippen LogP contribution < -0.4 is 5.32 Å². The number of hydrogen-bond acceptors (Lipinski definition) is 4. The van der Waals surface area contributed by atoms with Gasteiger partial charge in [0.15, 0.2) is 0 Å². The molecule has 2 amide bonds. The predicted octanol–water partition coefficient (Wildman–Crippen LogP) is 0.353. The fraction of sp³-hybridized carbons (Fsp3) is 0.600. The molecule has 86 valence electrons. The summed E-state index contributed by atoms with van der Waals surface area (Å²) in [7, 11) is 0. The summed E-state index contributed by atoms with van der Waals surface area (Å²) < 4.78 is 0. The third-order valence-corrected chi connectivity index (χ3v) is 3.89. The number of carbonyl (C=O) groups excluding carboxylic acids is 1. The molecule has 0 spiro atoms. The van der Waals surface area contributed by atoms with E-state index in [2.05, 4.69) is 10.3 Å². The van der Waals surface area contributed by atoms with Gasteiger partial charge < -0.3 is 15.1 Å². The van der Waals surface area contributed by atoms with Crippen molar-refractivity contribution in [2.75, 3.05) is 26.2 Å². The van der Waals surface area contributed by atoms with E-state index >= 15 is 0 Å². The Balaban J connectivity index is 1.71. The summed E-state index contributed by atoms with van der Waals surface area (Å²) in [6.07, 6.45) is 1.84. The summed E-state index contributed by atoms with van der Waals surface area (Å²) in [6, 6.07) is 0.536. The molecule has 2 fully saturated rings. The number of piperazine rings is 1. The maximum Gasteiger partial charge on any atom is 0.320 e. The molecule has 0 aromatic carbocycles. The molecular formula is C10H14N4OS. The first-order valence-electron chi connectivity index (χ1n) is 5.48. The van der Waals surface area contributed by atoms with E-state index in [0.29, 0.717) is 12.6 Å². The van der Waals surface area contributed by atoms with Crippen LogP contribution in [0.2, 0.25) is 0 Å². The molecule has 2 saturated heterocycles. The molecule has 1 aromatic heterocycles. The largest absolute Gasteiger partial charge is 0.320 e. The van der Waals surface area contributed by atoms with E-state index in [9.17, 15) is 4.79 Å². The third-order valence-electron chi connectivity index (χ3n) is 3.13. The normalized spacial score (nSPS) is 25.0. The molecule has 1 atom stereocenters. The molecule has 0 bridgehead atoms. The minimum absolute atomic E-state index is 0.180. The Bertz CT molecular complexity index is 380. The molecule has 1 N–H and O–H groups in total. The minimum atomic E-state index is 0.180. The maximum atomic E-state index is 12.1. The van der Waals surface area contributed by atoms with Gasteiger partial charge in [-0.2, -0.15) is 0 Å². The number of hydrogen-bond donors (Lipinski definition) is 1. The Morgan fingerprint density at radius 1 is 1.62 bits per heavy atom. The monoisotopic (exact) mass is 238 g/mol. The Kier molecular flexibility index (Phi) is 2.53. The third kappa shape index (κ3) is 1.68. The molecule has 1 unspecified atom stereocenters. The van der Waals surface area contributed by atoms with E-state index in [1.54, 1.807) is 11.3 Å². The lowest BCUT2D eigenvalue weighted by molar-refractivity contribution is 0.178. The predicted molar refractivity (Wildman–Crippen MR) is 61.3 cm³/mol. The molecule has 2 aliphatic heterocycles. The number of rotatable bonds is 2. The van der Waals surface area contributed by atoms with Crippen LogP contribution in [0.3, 0.4) is 0 Å². The van der Waals surface area contributed by atoms with Gasteiger partial charge >= 0.3 is 6.03 Å². The minimum Gasteiger partial charge on any atom is -0.317 e. The second-order valence-corrected chi connectivity index (χ2v) is 5.15. The molecule has 0 radical (unpaired) electrons. The van der Waals surface area contributed by atoms with Crippen LogP contribution in [0.25, 0.3) is 0 Å². The zero-order valence-electron chi connectivity index (χ0n) is 8.93. The van der Waals surface area contributed by atoms with Crippen molar-refractivity contribution >= 4 is 17.4 Å². The second-order valence-electron chi connectivity index (χ2n) is 4.18. The van der Waals surface area contributed by atoms with Gasteiger partial charge in [0.25, 0.3) is 0 Å². The van der Waals surface area contributed by atoms with E-state index in [-0.39, 0.29) is 6.03 Å². The quantitative estimate of drug-likeness (QED) is 0.809. The number of carbonyl (C=O) groups is 1. The van der Waals surface area contributed by atoms with Crippen LogP contribution in [0.1, 0.15) is 4.88 Å². The highest BCUT2D eigenvalue weighted by atomic mass is 32.1. The van der Waals surface area contributed by atoms with Gasteiger partial charge in [0.05, 0.1) is 18.1 Å². The Hall–Kier alpha value is -1.14. The zero-order chi connectivity index (χ0) is 11.0. The van der Waals surface area contributed by atoms with Gasteiger partial charge in [0, 0.05) is 37.3 Å². The second kappa shape index (κ2) is 4.03. The molecule has 0 aliphatic carbocycles. The number of nitrogens with one attached hydrogen (secondary N) is 1. The van der Waals surface area contributed by atoms with E-state index in [0.717, 1.165) is 31.1 Å². The molecule has 6 heteroatoms. The lowest BCUT2D eigenvalue weighted by Crippen LogP contribution is -2.49. The highest BCUT2D eigenvalue weighted by Crippen LogP contribution is 2.20. The van der Waals surface area contributed by atoms with Crippen LogP contribution in [-0.4, -0.2) is 53.0 Å². The van der Waals surface area contributed by atoms with E-state index < -0.39 is 0 Å². The van der Waals surface area contributed by atoms with Crippen LogP contribution in [-0.2, 0) is 6.54 Å². The number of amides is 2. The summed E-state index contributed by atoms with van der Waals surface area (Å²) in [5, 5.41) is 3.33. The van der Waals surface area contributed by atoms with E-state index in [1.165, 1.54) is 0 Å². The summed E-state index contributed by atoms with van der Waals surface area (Å²) in [6.45, 7) is 4.21. The Morgan fingerprint density at radius 2 is 2.56 bits per heavy atom. The van der Waals surface area contributed by atoms with Crippen LogP contribution in [0.4, 0.5) is 4.79 Å². The van der Waals surface area contributed by atoms with Crippen molar-refractivity contribution < 1.29 is 4.79 Å². The van der Waals surface area contributed by atoms with Crippen LogP contribution in [0.5, 0.6) is 0 Å². The van der Waals surface area contributed by atoms with E-state index in [4.69, 9.17) is 0 Å². The molecule has 2 aliphatic rings. The van der Waals surface area contributed by atoms with Gasteiger partial charge in [0.2, 0.25) is 0 Å². The number of urea groups is 1. The number of nitrogens with zero attached hydrogens (tertiary/aromatic N) is 3. The highest BCUT2D eigenvalue weighted by Gasteiger charge is 2.38. The zero-order valence-corrected chi connectivity index (χ0v) is 9.74. The summed E-state index contributed by atoms with van der Waals surface area (Å²) in [5.41, 5.74) is 1.81. The SMILES string of the molecule is O=C1N(Cc2cncs2)CC2CNCCN12. The maximum absolute atomic E-state index is 12.1. The van der Waals surface area contributed by atoms with Gasteiger partial charge in [0.1, 0.15) is 0 Å². The first-order valence-corrected chi connectivity index (χ1v) is 6.36. The fourth-order valence-corrected chi connectivity index (χ4v) is 2.94. The van der Waals surface area contributed by atoms with Gasteiger partial charge in [-0.25, -0.2) is 4.79 Å². The summed E-state index contributed by atoms with van der Waals surface area (Å²) in [4.78, 5) is 21.2. The van der Waals surface area contributed by atoms with E-state index in [1.807, 2.05) is 21.5 Å². The smallest absolute Gasteiger partial charge is 0.317 e. The van der Waals surface area contributed by atoms with Crippen LogP contribution >= 0.6 is 11.3 Å². The van der Waals surface area contributed by atoms with Gasteiger partial charge in [-0.3, -0.25) is 4.98 Å². The van der Waals surface area contributed by atoms with Crippen LogP contribution in [0.15, 0.2) is 11.7 Å². The van der Waals surface area contributed by atoms with Crippen molar-refractivity contribution in [3.63, 3.8) is 0 Å². The number of fused-ring (bicyclic) bond motifs is 1. The molecule has 5 nitrogen and oxygen atoms in total. The lowest BCUT2D eigenvalue weighted by atomic mass is 10.2.